The number of rotatable bonds is 6. The van der Waals surface area contributed by atoms with Crippen molar-refractivity contribution in [2.45, 2.75) is 46.1 Å². The van der Waals surface area contributed by atoms with Crippen molar-refractivity contribution in [1.82, 2.24) is 0 Å². The smallest absolute Gasteiger partial charge is 0.197 e. The molecule has 0 saturated carbocycles. The molecule has 0 saturated heterocycles. The van der Waals surface area contributed by atoms with Crippen LogP contribution in [-0.4, -0.2) is 19.0 Å². The molecule has 0 radical (unpaired) electrons. The number of hydrogen-bond donors (Lipinski definition) is 1. The molecule has 2 rings (SSSR count). The summed E-state index contributed by atoms with van der Waals surface area (Å²) in [5.41, 5.74) is 6.68. The first-order valence-corrected chi connectivity index (χ1v) is 7.52. The van der Waals surface area contributed by atoms with Crippen molar-refractivity contribution in [3.63, 3.8) is 0 Å². The number of aliphatic imine (C=N–C) groups is 1. The molecule has 1 aromatic carbocycles. The largest absolute Gasteiger partial charge is 0.490 e. The van der Waals surface area contributed by atoms with Crippen molar-refractivity contribution in [3.05, 3.63) is 23.0 Å². The summed E-state index contributed by atoms with van der Waals surface area (Å²) >= 11 is 0. The molecule has 0 aromatic heterocycles. The monoisotopic (exact) mass is 294 g/mol. The van der Waals surface area contributed by atoms with E-state index in [1.165, 1.54) is 0 Å². The van der Waals surface area contributed by atoms with Crippen LogP contribution in [-0.2, 0) is 5.54 Å². The van der Waals surface area contributed by atoms with Gasteiger partial charge < -0.3 is 15.2 Å². The predicted octanol–water partition coefficient (Wildman–Crippen LogP) is 3.36. The van der Waals surface area contributed by atoms with E-state index in [1.807, 2.05) is 33.8 Å². The van der Waals surface area contributed by atoms with Gasteiger partial charge in [-0.2, -0.15) is 0 Å². The minimum absolute atomic E-state index is 0.124. The molecule has 21 heavy (non-hydrogen) atoms. The second-order valence-corrected chi connectivity index (χ2v) is 5.04. The van der Waals surface area contributed by atoms with E-state index in [1.54, 1.807) is 0 Å². The lowest BCUT2D eigenvalue weighted by molar-refractivity contribution is 0.274. The van der Waals surface area contributed by atoms with Crippen molar-refractivity contribution < 1.29 is 13.9 Å². The zero-order valence-corrected chi connectivity index (χ0v) is 13.1. The molecule has 0 aliphatic carbocycles. The van der Waals surface area contributed by atoms with Crippen LogP contribution in [0.15, 0.2) is 11.1 Å². The third-order valence-electron chi connectivity index (χ3n) is 4.04. The van der Waals surface area contributed by atoms with Gasteiger partial charge in [0.2, 0.25) is 0 Å². The summed E-state index contributed by atoms with van der Waals surface area (Å²) in [6.07, 6.45) is 1.52. The standard InChI is InChI=1S/C16H23FN2O2/c1-5-16(6-2)10-9-11(20-7-3)14(21-8-4)13(17)12(10)15(18)19-16/h9H,5-8H2,1-4H3,(H2,18,19). The minimum atomic E-state index is -0.470. The summed E-state index contributed by atoms with van der Waals surface area (Å²) in [5, 5.41) is 0. The van der Waals surface area contributed by atoms with E-state index < -0.39 is 11.4 Å². The third-order valence-corrected chi connectivity index (χ3v) is 4.04. The zero-order valence-electron chi connectivity index (χ0n) is 13.1. The number of halogens is 1. The van der Waals surface area contributed by atoms with Gasteiger partial charge in [0.1, 0.15) is 5.84 Å². The van der Waals surface area contributed by atoms with Crippen LogP contribution < -0.4 is 15.2 Å². The normalized spacial score (nSPS) is 15.6. The molecule has 2 N–H and O–H groups in total. The molecule has 4 nitrogen and oxygen atoms in total. The second-order valence-electron chi connectivity index (χ2n) is 5.04. The van der Waals surface area contributed by atoms with E-state index in [4.69, 9.17) is 15.2 Å². The Balaban J connectivity index is 2.69. The van der Waals surface area contributed by atoms with E-state index in [2.05, 4.69) is 4.99 Å². The Bertz CT molecular complexity index is 566. The van der Waals surface area contributed by atoms with Crippen LogP contribution in [0.5, 0.6) is 11.5 Å². The molecule has 1 heterocycles. The van der Waals surface area contributed by atoms with Gasteiger partial charge in [0, 0.05) is 0 Å². The lowest BCUT2D eigenvalue weighted by atomic mass is 9.84. The average Bonchev–Trinajstić information content (AvgIpc) is 2.76. The molecule has 0 unspecified atom stereocenters. The first kappa shape index (κ1) is 15.6. The average molecular weight is 294 g/mol. The van der Waals surface area contributed by atoms with Gasteiger partial charge >= 0.3 is 0 Å². The van der Waals surface area contributed by atoms with Crippen molar-refractivity contribution in [1.29, 1.82) is 0 Å². The fourth-order valence-corrected chi connectivity index (χ4v) is 2.90. The molecule has 0 atom stereocenters. The molecule has 0 fully saturated rings. The van der Waals surface area contributed by atoms with Crippen molar-refractivity contribution >= 4 is 5.84 Å². The van der Waals surface area contributed by atoms with Crippen LogP contribution >= 0.6 is 0 Å². The highest BCUT2D eigenvalue weighted by molar-refractivity contribution is 6.03. The number of nitrogens with two attached hydrogens (primary N) is 1. The molecule has 1 aromatic rings. The number of benzene rings is 1. The molecule has 1 aliphatic rings. The molecule has 0 amide bonds. The van der Waals surface area contributed by atoms with Crippen molar-refractivity contribution in [3.8, 4) is 11.5 Å². The summed E-state index contributed by atoms with van der Waals surface area (Å²) in [6, 6.07) is 1.84. The summed E-state index contributed by atoms with van der Waals surface area (Å²) in [5.74, 6) is 0.323. The topological polar surface area (TPSA) is 56.8 Å². The Morgan fingerprint density at radius 2 is 1.76 bits per heavy atom. The Morgan fingerprint density at radius 1 is 1.14 bits per heavy atom. The van der Waals surface area contributed by atoms with Crippen LogP contribution in [0, 0.1) is 5.82 Å². The molecule has 0 spiro atoms. The molecule has 0 bridgehead atoms. The van der Waals surface area contributed by atoms with Gasteiger partial charge in [0.05, 0.1) is 24.3 Å². The maximum Gasteiger partial charge on any atom is 0.197 e. The SMILES string of the molecule is CCOc1cc2c(c(F)c1OCC)C(N)=NC2(CC)CC. The van der Waals surface area contributed by atoms with Crippen molar-refractivity contribution in [2.24, 2.45) is 10.7 Å². The van der Waals surface area contributed by atoms with Crippen LogP contribution in [0.1, 0.15) is 51.7 Å². The first-order chi connectivity index (χ1) is 10.0. The highest BCUT2D eigenvalue weighted by Crippen LogP contribution is 2.46. The lowest BCUT2D eigenvalue weighted by Gasteiger charge is -2.25. The first-order valence-electron chi connectivity index (χ1n) is 7.52. The van der Waals surface area contributed by atoms with Gasteiger partial charge in [0.15, 0.2) is 17.3 Å². The summed E-state index contributed by atoms with van der Waals surface area (Å²) < 4.78 is 25.8. The number of nitrogens with zero attached hydrogens (tertiary/aromatic N) is 1. The van der Waals surface area contributed by atoms with Gasteiger partial charge in [-0.3, -0.25) is 4.99 Å². The predicted molar refractivity (Wildman–Crippen MR) is 81.7 cm³/mol. The summed E-state index contributed by atoms with van der Waals surface area (Å²) in [4.78, 5) is 4.53. The molecular weight excluding hydrogens is 271 g/mol. The number of hydrogen-bond acceptors (Lipinski definition) is 4. The van der Waals surface area contributed by atoms with E-state index in [0.717, 1.165) is 18.4 Å². The fraction of sp³-hybridized carbons (Fsp3) is 0.562. The van der Waals surface area contributed by atoms with E-state index >= 15 is 0 Å². The summed E-state index contributed by atoms with van der Waals surface area (Å²) in [6.45, 7) is 8.54. The Kier molecular flexibility index (Phi) is 4.40. The maximum atomic E-state index is 14.8. The van der Waals surface area contributed by atoms with E-state index in [0.29, 0.717) is 24.5 Å². The fourth-order valence-electron chi connectivity index (χ4n) is 2.90. The number of fused-ring (bicyclic) bond motifs is 1. The van der Waals surface area contributed by atoms with E-state index in [9.17, 15) is 4.39 Å². The lowest BCUT2D eigenvalue weighted by Crippen LogP contribution is -2.20. The van der Waals surface area contributed by atoms with Crippen LogP contribution in [0.3, 0.4) is 0 Å². The molecule has 116 valence electrons. The van der Waals surface area contributed by atoms with E-state index in [-0.39, 0.29) is 11.6 Å². The minimum Gasteiger partial charge on any atom is -0.490 e. The van der Waals surface area contributed by atoms with Gasteiger partial charge in [-0.05, 0) is 38.3 Å². The van der Waals surface area contributed by atoms with Gasteiger partial charge in [-0.15, -0.1) is 0 Å². The Morgan fingerprint density at radius 3 is 2.29 bits per heavy atom. The van der Waals surface area contributed by atoms with Crippen molar-refractivity contribution in [2.75, 3.05) is 13.2 Å². The van der Waals surface area contributed by atoms with Gasteiger partial charge in [-0.1, -0.05) is 13.8 Å². The van der Waals surface area contributed by atoms with Crippen LogP contribution in [0.4, 0.5) is 4.39 Å². The molecular formula is C16H23FN2O2. The van der Waals surface area contributed by atoms with Crippen LogP contribution in [0.25, 0.3) is 0 Å². The maximum absolute atomic E-state index is 14.8. The third kappa shape index (κ3) is 2.34. The molecule has 5 heteroatoms. The quantitative estimate of drug-likeness (QED) is 0.875. The number of amidine groups is 1. The highest BCUT2D eigenvalue weighted by Gasteiger charge is 2.40. The Labute approximate surface area is 125 Å². The van der Waals surface area contributed by atoms with Crippen LogP contribution in [0.2, 0.25) is 0 Å². The van der Waals surface area contributed by atoms with Gasteiger partial charge in [0.25, 0.3) is 0 Å². The summed E-state index contributed by atoms with van der Waals surface area (Å²) in [7, 11) is 0. The van der Waals surface area contributed by atoms with Gasteiger partial charge in [-0.25, -0.2) is 4.39 Å². The molecule has 1 aliphatic heterocycles. The Hall–Kier alpha value is -1.78. The zero-order chi connectivity index (χ0) is 15.6. The second kappa shape index (κ2) is 5.92. The highest BCUT2D eigenvalue weighted by atomic mass is 19.1. The number of ether oxygens (including phenoxy) is 2.